The Morgan fingerprint density at radius 2 is 1.80 bits per heavy atom. The molecule has 0 spiro atoms. The molecule has 158 valence electrons. The third-order valence-corrected chi connectivity index (χ3v) is 5.16. The smallest absolute Gasteiger partial charge is 0.193 e. The van der Waals surface area contributed by atoms with Gasteiger partial charge in [-0.1, -0.05) is 30.3 Å². The van der Waals surface area contributed by atoms with E-state index < -0.39 is 0 Å². The van der Waals surface area contributed by atoms with Crippen LogP contribution in [0.5, 0.6) is 5.75 Å². The average Bonchev–Trinajstić information content (AvgIpc) is 3.31. The van der Waals surface area contributed by atoms with Crippen molar-refractivity contribution in [3.8, 4) is 11.4 Å². The summed E-state index contributed by atoms with van der Waals surface area (Å²) in [6, 6.07) is 20.4. The lowest BCUT2D eigenvalue weighted by Crippen LogP contribution is -2.47. The Labute approximate surface area is 195 Å². The molecule has 30 heavy (non-hydrogen) atoms. The van der Waals surface area contributed by atoms with E-state index in [1.807, 2.05) is 54.3 Å². The molecule has 2 aromatic carbocycles. The number of rotatable bonds is 5. The van der Waals surface area contributed by atoms with Crippen molar-refractivity contribution in [2.75, 3.05) is 20.1 Å². The van der Waals surface area contributed by atoms with Gasteiger partial charge in [0.1, 0.15) is 11.9 Å². The zero-order chi connectivity index (χ0) is 19.9. The van der Waals surface area contributed by atoms with E-state index in [0.717, 1.165) is 49.9 Å². The predicted octanol–water partition coefficient (Wildman–Crippen LogP) is 4.11. The fourth-order valence-electron chi connectivity index (χ4n) is 3.58. The van der Waals surface area contributed by atoms with Gasteiger partial charge in [0.15, 0.2) is 5.96 Å². The van der Waals surface area contributed by atoms with Crippen LogP contribution in [0.4, 0.5) is 0 Å². The second-order valence-electron chi connectivity index (χ2n) is 7.14. The minimum absolute atomic E-state index is 0. The molecule has 0 unspecified atom stereocenters. The SMILES string of the molecule is CN=C(NCc1ccc(-n2cccn2)cc1)N1CCC(Oc2ccccc2)CC1.I. The Balaban J connectivity index is 0.00000256. The first-order valence-corrected chi connectivity index (χ1v) is 10.1. The third-order valence-electron chi connectivity index (χ3n) is 5.16. The first-order chi connectivity index (χ1) is 14.3. The molecule has 0 saturated carbocycles. The number of para-hydroxylation sites is 1. The summed E-state index contributed by atoms with van der Waals surface area (Å²) in [5.74, 6) is 1.89. The molecule has 2 heterocycles. The zero-order valence-electron chi connectivity index (χ0n) is 17.1. The van der Waals surface area contributed by atoms with Crippen molar-refractivity contribution in [1.82, 2.24) is 20.0 Å². The molecule has 0 bridgehead atoms. The number of nitrogens with one attached hydrogen (secondary N) is 1. The standard InChI is InChI=1S/C23H27N5O.HI/c1-24-23(25-18-19-8-10-20(11-9-19)28-15-5-14-26-28)27-16-12-22(13-17-27)29-21-6-3-2-4-7-21;/h2-11,14-15,22H,12-13,16-18H2,1H3,(H,24,25);1H. The van der Waals surface area contributed by atoms with Crippen molar-refractivity contribution in [2.45, 2.75) is 25.5 Å². The van der Waals surface area contributed by atoms with Gasteiger partial charge in [-0.3, -0.25) is 4.99 Å². The normalized spacial score (nSPS) is 14.8. The fraction of sp³-hybridized carbons (Fsp3) is 0.304. The van der Waals surface area contributed by atoms with Gasteiger partial charge in [-0.25, -0.2) is 4.68 Å². The molecular formula is C23H28IN5O. The maximum absolute atomic E-state index is 6.09. The van der Waals surface area contributed by atoms with Crippen LogP contribution in [0.25, 0.3) is 5.69 Å². The van der Waals surface area contributed by atoms with Crippen LogP contribution >= 0.6 is 24.0 Å². The zero-order valence-corrected chi connectivity index (χ0v) is 19.5. The highest BCUT2D eigenvalue weighted by Gasteiger charge is 2.22. The van der Waals surface area contributed by atoms with Crippen molar-refractivity contribution in [1.29, 1.82) is 0 Å². The second-order valence-corrected chi connectivity index (χ2v) is 7.14. The molecule has 4 rings (SSSR count). The van der Waals surface area contributed by atoms with Gasteiger partial charge in [-0.2, -0.15) is 5.10 Å². The largest absolute Gasteiger partial charge is 0.490 e. The Kier molecular flexibility index (Phi) is 8.12. The van der Waals surface area contributed by atoms with Gasteiger partial charge in [-0.15, -0.1) is 24.0 Å². The van der Waals surface area contributed by atoms with E-state index in [1.165, 1.54) is 5.56 Å². The van der Waals surface area contributed by atoms with Crippen LogP contribution in [0.1, 0.15) is 18.4 Å². The highest BCUT2D eigenvalue weighted by Crippen LogP contribution is 2.18. The highest BCUT2D eigenvalue weighted by atomic mass is 127. The number of halogens is 1. The number of guanidine groups is 1. The van der Waals surface area contributed by atoms with Gasteiger partial charge in [0, 0.05) is 51.9 Å². The summed E-state index contributed by atoms with van der Waals surface area (Å²) in [6.45, 7) is 2.62. The molecule has 0 atom stereocenters. The molecule has 1 saturated heterocycles. The highest BCUT2D eigenvalue weighted by molar-refractivity contribution is 14.0. The molecule has 0 radical (unpaired) electrons. The number of aliphatic imine (C=N–C) groups is 1. The minimum atomic E-state index is 0. The van der Waals surface area contributed by atoms with E-state index in [9.17, 15) is 0 Å². The molecule has 1 aromatic heterocycles. The fourth-order valence-corrected chi connectivity index (χ4v) is 3.58. The first kappa shape index (κ1) is 22.1. The minimum Gasteiger partial charge on any atom is -0.490 e. The molecule has 1 aliphatic rings. The summed E-state index contributed by atoms with van der Waals surface area (Å²) >= 11 is 0. The molecule has 3 aromatic rings. The maximum Gasteiger partial charge on any atom is 0.193 e. The van der Waals surface area contributed by atoms with E-state index in [0.29, 0.717) is 0 Å². The van der Waals surface area contributed by atoms with Crippen LogP contribution in [0, 0.1) is 0 Å². The van der Waals surface area contributed by atoms with Gasteiger partial charge < -0.3 is 15.0 Å². The van der Waals surface area contributed by atoms with E-state index >= 15 is 0 Å². The maximum atomic E-state index is 6.09. The Bertz CT molecular complexity index is 905. The molecular weight excluding hydrogens is 489 g/mol. The predicted molar refractivity (Wildman–Crippen MR) is 131 cm³/mol. The van der Waals surface area contributed by atoms with E-state index in [2.05, 4.69) is 44.6 Å². The van der Waals surface area contributed by atoms with Crippen LogP contribution in [0.15, 0.2) is 78.0 Å². The quantitative estimate of drug-likeness (QED) is 0.315. The Hall–Kier alpha value is -2.55. The molecule has 7 heteroatoms. The molecule has 1 N–H and O–H groups in total. The van der Waals surface area contributed by atoms with Crippen LogP contribution in [0.2, 0.25) is 0 Å². The summed E-state index contributed by atoms with van der Waals surface area (Å²) in [5, 5.41) is 7.75. The monoisotopic (exact) mass is 517 g/mol. The van der Waals surface area contributed by atoms with Crippen LogP contribution in [0.3, 0.4) is 0 Å². The number of piperidine rings is 1. The first-order valence-electron chi connectivity index (χ1n) is 10.1. The molecule has 0 aliphatic carbocycles. The van der Waals surface area contributed by atoms with E-state index in [-0.39, 0.29) is 30.1 Å². The summed E-state index contributed by atoms with van der Waals surface area (Å²) in [4.78, 5) is 6.78. The Morgan fingerprint density at radius 1 is 1.07 bits per heavy atom. The van der Waals surface area contributed by atoms with Crippen molar-refractivity contribution >= 4 is 29.9 Å². The topological polar surface area (TPSA) is 54.7 Å². The van der Waals surface area contributed by atoms with E-state index in [1.54, 1.807) is 6.20 Å². The van der Waals surface area contributed by atoms with Crippen molar-refractivity contribution in [3.63, 3.8) is 0 Å². The summed E-state index contributed by atoms with van der Waals surface area (Å²) in [7, 11) is 1.84. The summed E-state index contributed by atoms with van der Waals surface area (Å²) in [5.41, 5.74) is 2.27. The van der Waals surface area contributed by atoms with Crippen molar-refractivity contribution in [2.24, 2.45) is 4.99 Å². The van der Waals surface area contributed by atoms with Gasteiger partial charge >= 0.3 is 0 Å². The van der Waals surface area contributed by atoms with Crippen molar-refractivity contribution in [3.05, 3.63) is 78.6 Å². The lowest BCUT2D eigenvalue weighted by Gasteiger charge is -2.34. The van der Waals surface area contributed by atoms with Crippen LogP contribution in [-0.2, 0) is 6.54 Å². The van der Waals surface area contributed by atoms with E-state index in [4.69, 9.17) is 4.74 Å². The number of likely N-dealkylation sites (tertiary alicyclic amines) is 1. The average molecular weight is 517 g/mol. The number of hydrogen-bond acceptors (Lipinski definition) is 3. The number of benzene rings is 2. The number of nitrogens with zero attached hydrogens (tertiary/aromatic N) is 4. The van der Waals surface area contributed by atoms with Crippen molar-refractivity contribution < 1.29 is 4.74 Å². The summed E-state index contributed by atoms with van der Waals surface area (Å²) in [6.07, 6.45) is 5.98. The van der Waals surface area contributed by atoms with Gasteiger partial charge in [0.05, 0.1) is 5.69 Å². The molecule has 1 fully saturated rings. The lowest BCUT2D eigenvalue weighted by molar-refractivity contribution is 0.129. The molecule has 1 aliphatic heterocycles. The van der Waals surface area contributed by atoms with Gasteiger partial charge in [0.2, 0.25) is 0 Å². The third kappa shape index (κ3) is 5.75. The van der Waals surface area contributed by atoms with Crippen LogP contribution < -0.4 is 10.1 Å². The number of ether oxygens (including phenoxy) is 1. The number of aromatic nitrogens is 2. The Morgan fingerprint density at radius 3 is 2.43 bits per heavy atom. The summed E-state index contributed by atoms with van der Waals surface area (Å²) < 4.78 is 7.95. The van der Waals surface area contributed by atoms with Gasteiger partial charge in [-0.05, 0) is 35.9 Å². The lowest BCUT2D eigenvalue weighted by atomic mass is 10.1. The van der Waals surface area contributed by atoms with Gasteiger partial charge in [0.25, 0.3) is 0 Å². The molecule has 6 nitrogen and oxygen atoms in total. The van der Waals surface area contributed by atoms with Crippen LogP contribution in [-0.4, -0.2) is 46.9 Å². The molecule has 0 amide bonds. The second kappa shape index (κ2) is 11.0. The number of hydrogen-bond donors (Lipinski definition) is 1.